The van der Waals surface area contributed by atoms with E-state index in [1.54, 1.807) is 43.3 Å². The SMILES string of the molecule is COC(=O)/C=C/c1ccc(O[C@@H](C)C(=O)Nc2cc(Cl)ccc2C)c(OC)c1. The second-order valence-corrected chi connectivity index (χ2v) is 6.41. The van der Waals surface area contributed by atoms with E-state index in [1.165, 1.54) is 20.3 Å². The number of hydrogen-bond donors (Lipinski definition) is 1. The van der Waals surface area contributed by atoms with Crippen LogP contribution in [0.15, 0.2) is 42.5 Å². The smallest absolute Gasteiger partial charge is 0.330 e. The third kappa shape index (κ3) is 5.76. The molecule has 1 amide bonds. The van der Waals surface area contributed by atoms with Crippen LogP contribution in [0.4, 0.5) is 5.69 Å². The Balaban J connectivity index is 2.10. The maximum absolute atomic E-state index is 12.5. The number of aryl methyl sites for hydroxylation is 1. The lowest BCUT2D eigenvalue weighted by molar-refractivity contribution is -0.134. The van der Waals surface area contributed by atoms with Gasteiger partial charge in [-0.25, -0.2) is 4.79 Å². The molecular formula is C21H22ClNO5. The molecule has 1 atom stereocenters. The molecule has 0 unspecified atom stereocenters. The molecule has 0 aliphatic carbocycles. The number of carbonyl (C=O) groups is 2. The highest BCUT2D eigenvalue weighted by Gasteiger charge is 2.18. The van der Waals surface area contributed by atoms with Crippen LogP contribution in [0.1, 0.15) is 18.1 Å². The Hall–Kier alpha value is -2.99. The molecule has 0 fully saturated rings. The van der Waals surface area contributed by atoms with Crippen molar-refractivity contribution in [1.29, 1.82) is 0 Å². The second kappa shape index (κ2) is 9.80. The highest BCUT2D eigenvalue weighted by Crippen LogP contribution is 2.30. The summed E-state index contributed by atoms with van der Waals surface area (Å²) in [6.45, 7) is 3.51. The molecule has 0 heterocycles. The Morgan fingerprint density at radius 1 is 1.11 bits per heavy atom. The molecule has 0 saturated carbocycles. The molecule has 2 rings (SSSR count). The first-order chi connectivity index (χ1) is 13.3. The number of hydrogen-bond acceptors (Lipinski definition) is 5. The van der Waals surface area contributed by atoms with Crippen LogP contribution in [0.3, 0.4) is 0 Å². The number of carbonyl (C=O) groups excluding carboxylic acids is 2. The van der Waals surface area contributed by atoms with Crippen LogP contribution in [0.2, 0.25) is 5.02 Å². The quantitative estimate of drug-likeness (QED) is 0.552. The largest absolute Gasteiger partial charge is 0.493 e. The summed E-state index contributed by atoms with van der Waals surface area (Å²) in [6.07, 6.45) is 2.12. The fourth-order valence-corrected chi connectivity index (χ4v) is 2.50. The molecule has 2 aromatic rings. The first-order valence-corrected chi connectivity index (χ1v) is 8.89. The topological polar surface area (TPSA) is 73.9 Å². The van der Waals surface area contributed by atoms with E-state index in [-0.39, 0.29) is 5.91 Å². The number of anilines is 1. The molecular weight excluding hydrogens is 382 g/mol. The van der Waals surface area contributed by atoms with Crippen LogP contribution in [0, 0.1) is 6.92 Å². The number of halogens is 1. The van der Waals surface area contributed by atoms with Crippen molar-refractivity contribution in [2.45, 2.75) is 20.0 Å². The molecule has 0 bridgehead atoms. The van der Waals surface area contributed by atoms with Gasteiger partial charge < -0.3 is 19.5 Å². The summed E-state index contributed by atoms with van der Waals surface area (Å²) < 4.78 is 15.6. The number of amides is 1. The van der Waals surface area contributed by atoms with Crippen LogP contribution in [-0.4, -0.2) is 32.2 Å². The Morgan fingerprint density at radius 2 is 1.86 bits per heavy atom. The van der Waals surface area contributed by atoms with Crippen molar-refractivity contribution in [2.75, 3.05) is 19.5 Å². The molecule has 0 radical (unpaired) electrons. The van der Waals surface area contributed by atoms with Crippen molar-refractivity contribution in [1.82, 2.24) is 0 Å². The standard InChI is InChI=1S/C21H22ClNO5/c1-13-5-8-16(22)12-17(13)23-21(25)14(2)28-18-9-6-15(11-19(18)26-3)7-10-20(24)27-4/h5-12,14H,1-4H3,(H,23,25)/b10-7+/t14-/m0/s1. The van der Waals surface area contributed by atoms with E-state index in [9.17, 15) is 9.59 Å². The van der Waals surface area contributed by atoms with E-state index < -0.39 is 12.1 Å². The molecule has 6 nitrogen and oxygen atoms in total. The Morgan fingerprint density at radius 3 is 2.54 bits per heavy atom. The summed E-state index contributed by atoms with van der Waals surface area (Å²) in [4.78, 5) is 23.7. The van der Waals surface area contributed by atoms with E-state index in [0.29, 0.717) is 22.2 Å². The number of ether oxygens (including phenoxy) is 3. The van der Waals surface area contributed by atoms with Gasteiger partial charge >= 0.3 is 5.97 Å². The number of rotatable bonds is 7. The molecule has 0 aliphatic rings. The van der Waals surface area contributed by atoms with Crippen molar-refractivity contribution < 1.29 is 23.8 Å². The lowest BCUT2D eigenvalue weighted by Gasteiger charge is -2.18. The van der Waals surface area contributed by atoms with Gasteiger partial charge in [-0.2, -0.15) is 0 Å². The van der Waals surface area contributed by atoms with Crippen molar-refractivity contribution in [3.8, 4) is 11.5 Å². The summed E-state index contributed by atoms with van der Waals surface area (Å²) in [5.74, 6) is 0.0664. The first kappa shape index (κ1) is 21.3. The van der Waals surface area contributed by atoms with Gasteiger partial charge in [0.25, 0.3) is 5.91 Å². The normalized spacial score (nSPS) is 11.8. The zero-order chi connectivity index (χ0) is 20.7. The highest BCUT2D eigenvalue weighted by atomic mass is 35.5. The predicted octanol–water partition coefficient (Wildman–Crippen LogP) is 4.25. The third-order valence-electron chi connectivity index (χ3n) is 3.93. The molecule has 0 aromatic heterocycles. The van der Waals surface area contributed by atoms with Crippen LogP contribution in [0.25, 0.3) is 6.08 Å². The minimum absolute atomic E-state index is 0.318. The molecule has 0 aliphatic heterocycles. The van der Waals surface area contributed by atoms with E-state index in [4.69, 9.17) is 21.1 Å². The van der Waals surface area contributed by atoms with Crippen LogP contribution in [-0.2, 0) is 14.3 Å². The van der Waals surface area contributed by atoms with Crippen molar-refractivity contribution in [3.05, 3.63) is 58.6 Å². The van der Waals surface area contributed by atoms with Gasteiger partial charge in [0.2, 0.25) is 0 Å². The zero-order valence-electron chi connectivity index (χ0n) is 16.1. The molecule has 7 heteroatoms. The average Bonchev–Trinajstić information content (AvgIpc) is 2.69. The third-order valence-corrected chi connectivity index (χ3v) is 4.17. The summed E-state index contributed by atoms with van der Waals surface area (Å²) in [5.41, 5.74) is 2.24. The fraction of sp³-hybridized carbons (Fsp3) is 0.238. The molecule has 148 valence electrons. The van der Waals surface area contributed by atoms with E-state index >= 15 is 0 Å². The van der Waals surface area contributed by atoms with Crippen molar-refractivity contribution in [3.63, 3.8) is 0 Å². The van der Waals surface area contributed by atoms with Gasteiger partial charge in [-0.3, -0.25) is 4.79 Å². The highest BCUT2D eigenvalue weighted by molar-refractivity contribution is 6.31. The Bertz CT molecular complexity index is 894. The lowest BCUT2D eigenvalue weighted by atomic mass is 10.2. The fourth-order valence-electron chi connectivity index (χ4n) is 2.32. The van der Waals surface area contributed by atoms with Crippen molar-refractivity contribution in [2.24, 2.45) is 0 Å². The minimum atomic E-state index is -0.774. The van der Waals surface area contributed by atoms with E-state index in [2.05, 4.69) is 10.1 Å². The summed E-state index contributed by atoms with van der Waals surface area (Å²) >= 11 is 5.98. The van der Waals surface area contributed by atoms with Crippen LogP contribution < -0.4 is 14.8 Å². The van der Waals surface area contributed by atoms with Crippen molar-refractivity contribution >= 4 is 35.2 Å². The van der Waals surface area contributed by atoms with Gasteiger partial charge in [-0.15, -0.1) is 0 Å². The lowest BCUT2D eigenvalue weighted by Crippen LogP contribution is -2.30. The number of methoxy groups -OCH3 is 2. The summed E-state index contributed by atoms with van der Waals surface area (Å²) in [5, 5.41) is 3.34. The van der Waals surface area contributed by atoms with Gasteiger partial charge in [-0.1, -0.05) is 23.7 Å². The van der Waals surface area contributed by atoms with Gasteiger partial charge in [0.1, 0.15) is 0 Å². The maximum Gasteiger partial charge on any atom is 0.330 e. The Kier molecular flexibility index (Phi) is 7.46. The average molecular weight is 404 g/mol. The summed E-state index contributed by atoms with van der Waals surface area (Å²) in [6, 6.07) is 10.4. The van der Waals surface area contributed by atoms with E-state index in [1.807, 2.05) is 13.0 Å². The monoisotopic (exact) mass is 403 g/mol. The molecule has 1 N–H and O–H groups in total. The molecule has 0 saturated heterocycles. The van der Waals surface area contributed by atoms with Gasteiger partial charge in [0, 0.05) is 16.8 Å². The summed E-state index contributed by atoms with van der Waals surface area (Å²) in [7, 11) is 2.80. The predicted molar refractivity (Wildman–Crippen MR) is 109 cm³/mol. The molecule has 28 heavy (non-hydrogen) atoms. The maximum atomic E-state index is 12.5. The van der Waals surface area contributed by atoms with Gasteiger partial charge in [0.05, 0.1) is 14.2 Å². The Labute approximate surface area is 169 Å². The zero-order valence-corrected chi connectivity index (χ0v) is 16.9. The number of esters is 1. The molecule has 0 spiro atoms. The number of nitrogens with one attached hydrogen (secondary N) is 1. The van der Waals surface area contributed by atoms with Crippen LogP contribution in [0.5, 0.6) is 11.5 Å². The molecule has 2 aromatic carbocycles. The van der Waals surface area contributed by atoms with E-state index in [0.717, 1.165) is 11.1 Å². The first-order valence-electron chi connectivity index (χ1n) is 8.51. The minimum Gasteiger partial charge on any atom is -0.493 e. The number of benzene rings is 2. The van der Waals surface area contributed by atoms with Gasteiger partial charge in [0.15, 0.2) is 17.6 Å². The van der Waals surface area contributed by atoms with Gasteiger partial charge in [-0.05, 0) is 55.3 Å². The van der Waals surface area contributed by atoms with Crippen LogP contribution >= 0.6 is 11.6 Å². The second-order valence-electron chi connectivity index (χ2n) is 5.98.